The Kier molecular flexibility index (Phi) is 9.73. The van der Waals surface area contributed by atoms with Gasteiger partial charge >= 0.3 is 0 Å². The van der Waals surface area contributed by atoms with E-state index in [1.807, 2.05) is 72.8 Å². The Morgan fingerprint density at radius 1 is 0.788 bits per heavy atom. The van der Waals surface area contributed by atoms with Crippen molar-refractivity contribution < 1.29 is 18.7 Å². The Bertz CT molecular complexity index is 958. The van der Waals surface area contributed by atoms with Crippen molar-refractivity contribution in [2.24, 2.45) is 0 Å². The van der Waals surface area contributed by atoms with E-state index in [1.54, 1.807) is 23.2 Å². The van der Waals surface area contributed by atoms with Crippen LogP contribution in [0.3, 0.4) is 0 Å². The van der Waals surface area contributed by atoms with Crippen LogP contribution in [0.4, 0.5) is 0 Å². The van der Waals surface area contributed by atoms with Gasteiger partial charge in [0.25, 0.3) is 0 Å². The molecule has 0 radical (unpaired) electrons. The highest BCUT2D eigenvalue weighted by molar-refractivity contribution is 5.85. The molecule has 2 aromatic carbocycles. The second-order valence-corrected chi connectivity index (χ2v) is 7.92. The summed E-state index contributed by atoms with van der Waals surface area (Å²) >= 11 is 0. The molecular formula is C27H32N2O4. The molecule has 2 amide bonds. The van der Waals surface area contributed by atoms with E-state index in [2.05, 4.69) is 0 Å². The lowest BCUT2D eigenvalue weighted by Gasteiger charge is -2.27. The largest absolute Gasteiger partial charge is 0.467 e. The SMILES string of the molecule is COCCN(CC(=O)N(CCc1ccccc1)Cc1ccco1)C(=O)CCc1ccccc1. The van der Waals surface area contributed by atoms with Crippen LogP contribution in [-0.4, -0.2) is 55.0 Å². The monoisotopic (exact) mass is 448 g/mol. The number of amides is 2. The number of nitrogens with zero attached hydrogens (tertiary/aromatic N) is 2. The molecular weight excluding hydrogens is 416 g/mol. The highest BCUT2D eigenvalue weighted by Crippen LogP contribution is 2.11. The van der Waals surface area contributed by atoms with E-state index >= 15 is 0 Å². The van der Waals surface area contributed by atoms with E-state index in [4.69, 9.17) is 9.15 Å². The molecule has 3 rings (SSSR count). The Morgan fingerprint density at radius 3 is 2.06 bits per heavy atom. The minimum atomic E-state index is -0.105. The number of aryl methyl sites for hydroxylation is 1. The molecule has 6 heteroatoms. The van der Waals surface area contributed by atoms with E-state index in [1.165, 1.54) is 0 Å². The molecule has 3 aromatic rings. The first-order valence-corrected chi connectivity index (χ1v) is 11.3. The summed E-state index contributed by atoms with van der Waals surface area (Å²) < 4.78 is 10.7. The topological polar surface area (TPSA) is 63.0 Å². The van der Waals surface area contributed by atoms with E-state index in [9.17, 15) is 9.59 Å². The Morgan fingerprint density at radius 2 is 1.45 bits per heavy atom. The van der Waals surface area contributed by atoms with Gasteiger partial charge in [0, 0.05) is 26.6 Å². The van der Waals surface area contributed by atoms with Gasteiger partial charge in [0.05, 0.1) is 26.0 Å². The number of carbonyl (C=O) groups excluding carboxylic acids is 2. The molecule has 0 fully saturated rings. The second kappa shape index (κ2) is 13.2. The smallest absolute Gasteiger partial charge is 0.242 e. The molecule has 0 saturated carbocycles. The predicted molar refractivity (Wildman–Crippen MR) is 127 cm³/mol. The first-order valence-electron chi connectivity index (χ1n) is 11.3. The third-order valence-electron chi connectivity index (χ3n) is 5.51. The minimum Gasteiger partial charge on any atom is -0.467 e. The zero-order chi connectivity index (χ0) is 23.3. The Balaban J connectivity index is 1.64. The first-order chi connectivity index (χ1) is 16.2. The van der Waals surface area contributed by atoms with Crippen molar-refractivity contribution in [3.8, 4) is 0 Å². The van der Waals surface area contributed by atoms with Gasteiger partial charge in [-0.3, -0.25) is 9.59 Å². The second-order valence-electron chi connectivity index (χ2n) is 7.92. The van der Waals surface area contributed by atoms with E-state index < -0.39 is 0 Å². The Labute approximate surface area is 195 Å². The summed E-state index contributed by atoms with van der Waals surface area (Å²) in [5.74, 6) is 0.562. The summed E-state index contributed by atoms with van der Waals surface area (Å²) in [7, 11) is 1.59. The fourth-order valence-corrected chi connectivity index (χ4v) is 3.60. The maximum atomic E-state index is 13.3. The molecule has 6 nitrogen and oxygen atoms in total. The number of furan rings is 1. The standard InChI is InChI=1S/C27H32N2O4/c1-32-20-18-29(26(30)15-14-23-9-4-2-5-10-23)22-27(31)28(21-25-13-8-19-33-25)17-16-24-11-6-3-7-12-24/h2-13,19H,14-18,20-22H2,1H3. The highest BCUT2D eigenvalue weighted by atomic mass is 16.5. The van der Waals surface area contributed by atoms with Crippen molar-refractivity contribution in [1.82, 2.24) is 9.80 Å². The van der Waals surface area contributed by atoms with Gasteiger partial charge < -0.3 is 19.0 Å². The molecule has 0 spiro atoms. The Hall–Kier alpha value is -3.38. The molecule has 0 atom stereocenters. The molecule has 0 saturated heterocycles. The number of carbonyl (C=O) groups is 2. The van der Waals surface area contributed by atoms with Gasteiger partial charge in [0.15, 0.2) is 0 Å². The number of methoxy groups -OCH3 is 1. The third kappa shape index (κ3) is 8.24. The average Bonchev–Trinajstić information content (AvgIpc) is 3.37. The van der Waals surface area contributed by atoms with Gasteiger partial charge in [-0.2, -0.15) is 0 Å². The lowest BCUT2D eigenvalue weighted by molar-refractivity contribution is -0.141. The molecule has 0 N–H and O–H groups in total. The van der Waals surface area contributed by atoms with Crippen molar-refractivity contribution in [1.29, 1.82) is 0 Å². The fraction of sp³-hybridized carbons (Fsp3) is 0.333. The highest BCUT2D eigenvalue weighted by Gasteiger charge is 2.22. The van der Waals surface area contributed by atoms with E-state index in [0.717, 1.165) is 23.3 Å². The van der Waals surface area contributed by atoms with Gasteiger partial charge in [-0.1, -0.05) is 60.7 Å². The molecule has 0 bridgehead atoms. The number of rotatable bonds is 13. The molecule has 1 heterocycles. The first kappa shape index (κ1) is 24.3. The summed E-state index contributed by atoms with van der Waals surface area (Å²) in [4.78, 5) is 29.6. The van der Waals surface area contributed by atoms with Crippen molar-refractivity contribution in [2.75, 3.05) is 33.4 Å². The zero-order valence-corrected chi connectivity index (χ0v) is 19.2. The van der Waals surface area contributed by atoms with Crippen LogP contribution in [0.25, 0.3) is 0 Å². The van der Waals surface area contributed by atoms with Gasteiger partial charge in [0.2, 0.25) is 11.8 Å². The summed E-state index contributed by atoms with van der Waals surface area (Å²) in [5.41, 5.74) is 2.26. The quantitative estimate of drug-likeness (QED) is 0.397. The summed E-state index contributed by atoms with van der Waals surface area (Å²) in [5, 5.41) is 0. The van der Waals surface area contributed by atoms with Crippen LogP contribution >= 0.6 is 0 Å². The fourth-order valence-electron chi connectivity index (χ4n) is 3.60. The average molecular weight is 449 g/mol. The van der Waals surface area contributed by atoms with E-state index in [0.29, 0.717) is 39.1 Å². The van der Waals surface area contributed by atoms with Gasteiger partial charge in [-0.25, -0.2) is 0 Å². The van der Waals surface area contributed by atoms with Crippen molar-refractivity contribution in [2.45, 2.75) is 25.8 Å². The van der Waals surface area contributed by atoms with Crippen LogP contribution < -0.4 is 0 Å². The van der Waals surface area contributed by atoms with Crippen LogP contribution in [0, 0.1) is 0 Å². The number of hydrogen-bond donors (Lipinski definition) is 0. The molecule has 174 valence electrons. The van der Waals surface area contributed by atoms with Crippen LogP contribution in [-0.2, 0) is 33.7 Å². The van der Waals surface area contributed by atoms with Crippen molar-refractivity contribution in [3.05, 3.63) is 95.9 Å². The normalized spacial score (nSPS) is 10.7. The van der Waals surface area contributed by atoms with Crippen LogP contribution in [0.1, 0.15) is 23.3 Å². The molecule has 33 heavy (non-hydrogen) atoms. The maximum Gasteiger partial charge on any atom is 0.242 e. The predicted octanol–water partition coefficient (Wildman–Crippen LogP) is 3.96. The summed E-state index contributed by atoms with van der Waals surface area (Å²) in [6.07, 6.45) is 3.32. The third-order valence-corrected chi connectivity index (χ3v) is 5.51. The molecule has 0 unspecified atom stereocenters. The van der Waals surface area contributed by atoms with Gasteiger partial charge in [0.1, 0.15) is 5.76 Å². The van der Waals surface area contributed by atoms with Gasteiger partial charge in [-0.05, 0) is 36.1 Å². The zero-order valence-electron chi connectivity index (χ0n) is 19.2. The van der Waals surface area contributed by atoms with Gasteiger partial charge in [-0.15, -0.1) is 0 Å². The number of hydrogen-bond acceptors (Lipinski definition) is 4. The van der Waals surface area contributed by atoms with Crippen molar-refractivity contribution in [3.63, 3.8) is 0 Å². The minimum absolute atomic E-state index is 0.0203. The summed E-state index contributed by atoms with van der Waals surface area (Å²) in [6.45, 7) is 1.69. The molecule has 0 aliphatic carbocycles. The van der Waals surface area contributed by atoms with Crippen LogP contribution in [0.5, 0.6) is 0 Å². The molecule has 0 aliphatic heterocycles. The maximum absolute atomic E-state index is 13.3. The van der Waals surface area contributed by atoms with Crippen LogP contribution in [0.2, 0.25) is 0 Å². The summed E-state index contributed by atoms with van der Waals surface area (Å²) in [6, 6.07) is 23.6. The van der Waals surface area contributed by atoms with E-state index in [-0.39, 0.29) is 18.4 Å². The molecule has 0 aliphatic rings. The number of ether oxygens (including phenoxy) is 1. The van der Waals surface area contributed by atoms with Crippen molar-refractivity contribution >= 4 is 11.8 Å². The number of benzene rings is 2. The molecule has 1 aromatic heterocycles. The van der Waals surface area contributed by atoms with Crippen LogP contribution in [0.15, 0.2) is 83.5 Å². The lowest BCUT2D eigenvalue weighted by atomic mass is 10.1. The lowest BCUT2D eigenvalue weighted by Crippen LogP contribution is -2.44.